The predicted molar refractivity (Wildman–Crippen MR) is 88.2 cm³/mol. The molecule has 3 heterocycles. The normalized spacial score (nSPS) is 16.1. The van der Waals surface area contributed by atoms with Crippen molar-refractivity contribution in [3.8, 4) is 0 Å². The maximum absolute atomic E-state index is 12.3. The number of carbonyl (C=O) groups is 1. The van der Waals surface area contributed by atoms with Crippen molar-refractivity contribution in [2.24, 2.45) is 0 Å². The zero-order valence-electron chi connectivity index (χ0n) is 12.9. The lowest BCUT2D eigenvalue weighted by Crippen LogP contribution is -2.48. The van der Waals surface area contributed by atoms with Crippen molar-refractivity contribution >= 4 is 16.8 Å². The number of furan rings is 1. The van der Waals surface area contributed by atoms with E-state index in [2.05, 4.69) is 34.1 Å². The van der Waals surface area contributed by atoms with Crippen molar-refractivity contribution in [2.45, 2.75) is 6.54 Å². The summed E-state index contributed by atoms with van der Waals surface area (Å²) in [5.74, 6) is 0.0612. The number of amides is 1. The zero-order valence-corrected chi connectivity index (χ0v) is 12.9. The Labute approximate surface area is 134 Å². The smallest absolute Gasteiger partial charge is 0.257 e. The molecule has 5 heteroatoms. The van der Waals surface area contributed by atoms with E-state index in [1.165, 1.54) is 22.7 Å². The van der Waals surface area contributed by atoms with Crippen molar-refractivity contribution < 1.29 is 9.21 Å². The number of carbonyl (C=O) groups excluding carboxylic acids is 1. The molecule has 0 bridgehead atoms. The van der Waals surface area contributed by atoms with Crippen LogP contribution in [-0.4, -0.2) is 46.9 Å². The fourth-order valence-corrected chi connectivity index (χ4v) is 3.21. The highest BCUT2D eigenvalue weighted by atomic mass is 16.3. The van der Waals surface area contributed by atoms with Gasteiger partial charge in [0.15, 0.2) is 0 Å². The minimum absolute atomic E-state index is 0.0612. The summed E-state index contributed by atoms with van der Waals surface area (Å²) >= 11 is 0. The Morgan fingerprint density at radius 3 is 2.78 bits per heavy atom. The number of aromatic amines is 1. The van der Waals surface area contributed by atoms with Gasteiger partial charge in [0, 0.05) is 49.8 Å². The first-order valence-electron chi connectivity index (χ1n) is 7.90. The first-order valence-corrected chi connectivity index (χ1v) is 7.90. The standard InChI is InChI=1S/C18H19N3O2/c22-18(15-5-11-23-13-15)21-9-7-20(8-10-21)12-14-2-1-3-17-16(14)4-6-19-17/h1-6,11,13,19H,7-10,12H2. The average Bonchev–Trinajstić information content (AvgIpc) is 3.27. The fourth-order valence-electron chi connectivity index (χ4n) is 3.21. The summed E-state index contributed by atoms with van der Waals surface area (Å²) in [6, 6.07) is 10.2. The lowest BCUT2D eigenvalue weighted by molar-refractivity contribution is 0.0628. The van der Waals surface area contributed by atoms with Gasteiger partial charge in [0.1, 0.15) is 6.26 Å². The molecule has 2 aromatic heterocycles. The van der Waals surface area contributed by atoms with E-state index in [1.54, 1.807) is 12.3 Å². The van der Waals surface area contributed by atoms with E-state index < -0.39 is 0 Å². The first-order chi connectivity index (χ1) is 11.3. The number of nitrogens with one attached hydrogen (secondary N) is 1. The van der Waals surface area contributed by atoms with Crippen molar-refractivity contribution in [3.05, 3.63) is 60.2 Å². The van der Waals surface area contributed by atoms with Crippen LogP contribution in [0.1, 0.15) is 15.9 Å². The first kappa shape index (κ1) is 14.1. The summed E-state index contributed by atoms with van der Waals surface area (Å²) in [5, 5.41) is 1.28. The molecule has 1 saturated heterocycles. The summed E-state index contributed by atoms with van der Waals surface area (Å²) in [7, 11) is 0. The van der Waals surface area contributed by atoms with Gasteiger partial charge in [-0.25, -0.2) is 0 Å². The number of fused-ring (bicyclic) bond motifs is 1. The van der Waals surface area contributed by atoms with Crippen LogP contribution in [0.25, 0.3) is 10.9 Å². The molecule has 1 fully saturated rings. The third kappa shape index (κ3) is 2.75. The highest BCUT2D eigenvalue weighted by Gasteiger charge is 2.23. The highest BCUT2D eigenvalue weighted by molar-refractivity contribution is 5.93. The van der Waals surface area contributed by atoms with E-state index in [4.69, 9.17) is 4.42 Å². The summed E-state index contributed by atoms with van der Waals surface area (Å²) in [4.78, 5) is 19.9. The monoisotopic (exact) mass is 309 g/mol. The van der Waals surface area contributed by atoms with Crippen molar-refractivity contribution in [1.29, 1.82) is 0 Å². The van der Waals surface area contributed by atoms with Gasteiger partial charge >= 0.3 is 0 Å². The van der Waals surface area contributed by atoms with E-state index in [9.17, 15) is 4.79 Å². The van der Waals surface area contributed by atoms with E-state index in [0.29, 0.717) is 5.56 Å². The number of nitrogens with zero attached hydrogens (tertiary/aromatic N) is 2. The molecule has 3 aromatic rings. The molecule has 0 spiro atoms. The average molecular weight is 309 g/mol. The lowest BCUT2D eigenvalue weighted by atomic mass is 10.1. The number of H-pyrrole nitrogens is 1. The molecule has 0 radical (unpaired) electrons. The molecular weight excluding hydrogens is 290 g/mol. The molecule has 0 unspecified atom stereocenters. The molecule has 118 valence electrons. The minimum atomic E-state index is 0.0612. The van der Waals surface area contributed by atoms with Crippen molar-refractivity contribution in [1.82, 2.24) is 14.8 Å². The van der Waals surface area contributed by atoms with Crippen LogP contribution in [-0.2, 0) is 6.54 Å². The summed E-state index contributed by atoms with van der Waals surface area (Å²) in [5.41, 5.74) is 3.14. The lowest BCUT2D eigenvalue weighted by Gasteiger charge is -2.34. The van der Waals surface area contributed by atoms with Crippen LogP contribution in [0.3, 0.4) is 0 Å². The third-order valence-electron chi connectivity index (χ3n) is 4.51. The molecule has 1 amide bonds. The Hall–Kier alpha value is -2.53. The van der Waals surface area contributed by atoms with Crippen LogP contribution in [0.2, 0.25) is 0 Å². The van der Waals surface area contributed by atoms with Crippen LogP contribution in [0.4, 0.5) is 0 Å². The Morgan fingerprint density at radius 1 is 1.13 bits per heavy atom. The molecule has 0 saturated carbocycles. The van der Waals surface area contributed by atoms with Gasteiger partial charge in [-0.15, -0.1) is 0 Å². The molecule has 0 aliphatic carbocycles. The number of hydrogen-bond acceptors (Lipinski definition) is 3. The number of benzene rings is 1. The van der Waals surface area contributed by atoms with E-state index in [1.807, 2.05) is 11.1 Å². The molecule has 5 nitrogen and oxygen atoms in total. The molecule has 4 rings (SSSR count). The molecule has 1 aromatic carbocycles. The summed E-state index contributed by atoms with van der Waals surface area (Å²) in [6.45, 7) is 4.22. The van der Waals surface area contributed by atoms with Gasteiger partial charge in [0.2, 0.25) is 0 Å². The second-order valence-electron chi connectivity index (χ2n) is 5.94. The van der Waals surface area contributed by atoms with Crippen LogP contribution < -0.4 is 0 Å². The summed E-state index contributed by atoms with van der Waals surface area (Å²) < 4.78 is 5.00. The van der Waals surface area contributed by atoms with Crippen LogP contribution in [0.5, 0.6) is 0 Å². The maximum atomic E-state index is 12.3. The second kappa shape index (κ2) is 5.93. The van der Waals surface area contributed by atoms with Gasteiger partial charge < -0.3 is 14.3 Å². The Kier molecular flexibility index (Phi) is 3.63. The van der Waals surface area contributed by atoms with E-state index in [-0.39, 0.29) is 5.91 Å². The SMILES string of the molecule is O=C(c1ccoc1)N1CCN(Cc2cccc3[nH]ccc23)CC1. The van der Waals surface area contributed by atoms with Crippen LogP contribution in [0, 0.1) is 0 Å². The Balaban J connectivity index is 1.40. The van der Waals surface area contributed by atoms with Gasteiger partial charge in [0.05, 0.1) is 11.8 Å². The number of hydrogen-bond donors (Lipinski definition) is 1. The molecular formula is C18H19N3O2. The predicted octanol–water partition coefficient (Wildman–Crippen LogP) is 2.72. The van der Waals surface area contributed by atoms with Gasteiger partial charge in [-0.1, -0.05) is 12.1 Å². The van der Waals surface area contributed by atoms with E-state index in [0.717, 1.165) is 32.7 Å². The topological polar surface area (TPSA) is 52.5 Å². The van der Waals surface area contributed by atoms with Crippen LogP contribution >= 0.6 is 0 Å². The van der Waals surface area contributed by atoms with Crippen LogP contribution in [0.15, 0.2) is 53.5 Å². The van der Waals surface area contributed by atoms with E-state index >= 15 is 0 Å². The van der Waals surface area contributed by atoms with Crippen molar-refractivity contribution in [3.63, 3.8) is 0 Å². The molecule has 0 atom stereocenters. The summed E-state index contributed by atoms with van der Waals surface area (Å²) in [6.07, 6.45) is 5.04. The number of aromatic nitrogens is 1. The van der Waals surface area contributed by atoms with Gasteiger partial charge in [-0.05, 0) is 23.8 Å². The Bertz CT molecular complexity index is 799. The maximum Gasteiger partial charge on any atom is 0.257 e. The number of piperazine rings is 1. The zero-order chi connectivity index (χ0) is 15.6. The molecule has 1 N–H and O–H groups in total. The van der Waals surface area contributed by atoms with Gasteiger partial charge in [-0.2, -0.15) is 0 Å². The minimum Gasteiger partial charge on any atom is -0.472 e. The molecule has 1 aliphatic heterocycles. The second-order valence-corrected chi connectivity index (χ2v) is 5.94. The molecule has 1 aliphatic rings. The van der Waals surface area contributed by atoms with Crippen molar-refractivity contribution in [2.75, 3.05) is 26.2 Å². The largest absolute Gasteiger partial charge is 0.472 e. The number of rotatable bonds is 3. The molecule has 23 heavy (non-hydrogen) atoms. The van der Waals surface area contributed by atoms with Gasteiger partial charge in [0.25, 0.3) is 5.91 Å². The Morgan fingerprint density at radius 2 is 2.00 bits per heavy atom. The highest BCUT2D eigenvalue weighted by Crippen LogP contribution is 2.20. The van der Waals surface area contributed by atoms with Gasteiger partial charge in [-0.3, -0.25) is 9.69 Å². The fraction of sp³-hybridized carbons (Fsp3) is 0.278. The third-order valence-corrected chi connectivity index (χ3v) is 4.51. The quantitative estimate of drug-likeness (QED) is 0.809.